The number of hydrogen-bond donors (Lipinski definition) is 1. The van der Waals surface area contributed by atoms with Crippen LogP contribution in [-0.2, 0) is 14.8 Å². The predicted molar refractivity (Wildman–Crippen MR) is 116 cm³/mol. The van der Waals surface area contributed by atoms with Crippen LogP contribution in [0.2, 0.25) is 0 Å². The van der Waals surface area contributed by atoms with Crippen molar-refractivity contribution < 1.29 is 17.9 Å². The Kier molecular flexibility index (Phi) is 6.01. The minimum Gasteiger partial charge on any atom is -0.491 e. The molecular weight excluding hydrogens is 400 g/mol. The lowest BCUT2D eigenvalue weighted by atomic mass is 10.1. The van der Waals surface area contributed by atoms with Gasteiger partial charge in [0.1, 0.15) is 18.4 Å². The molecular formula is C23H24N2O4S. The molecule has 0 saturated carbocycles. The normalized spacial score (nSPS) is 17.1. The van der Waals surface area contributed by atoms with Crippen LogP contribution < -0.4 is 10.1 Å². The zero-order valence-corrected chi connectivity index (χ0v) is 17.3. The van der Waals surface area contributed by atoms with Crippen molar-refractivity contribution in [2.45, 2.75) is 23.8 Å². The summed E-state index contributed by atoms with van der Waals surface area (Å²) in [5.74, 6) is 0.477. The lowest BCUT2D eigenvalue weighted by molar-refractivity contribution is -0.124. The molecule has 0 spiro atoms. The van der Waals surface area contributed by atoms with Gasteiger partial charge in [-0.3, -0.25) is 4.79 Å². The summed E-state index contributed by atoms with van der Waals surface area (Å²) in [6, 6.07) is 21.4. The fourth-order valence-corrected chi connectivity index (χ4v) is 5.47. The largest absolute Gasteiger partial charge is 0.491 e. The van der Waals surface area contributed by atoms with Gasteiger partial charge in [0, 0.05) is 11.9 Å². The molecule has 1 aliphatic heterocycles. The van der Waals surface area contributed by atoms with Crippen LogP contribution in [0, 0.1) is 0 Å². The Morgan fingerprint density at radius 1 is 1.00 bits per heavy atom. The molecule has 0 radical (unpaired) electrons. The van der Waals surface area contributed by atoms with Crippen molar-refractivity contribution in [3.63, 3.8) is 0 Å². The molecule has 0 bridgehead atoms. The zero-order valence-electron chi connectivity index (χ0n) is 16.5. The van der Waals surface area contributed by atoms with Crippen LogP contribution in [0.1, 0.15) is 12.8 Å². The first-order chi connectivity index (χ1) is 14.6. The number of nitrogens with one attached hydrogen (secondary N) is 1. The van der Waals surface area contributed by atoms with E-state index in [2.05, 4.69) is 5.32 Å². The van der Waals surface area contributed by atoms with E-state index in [1.807, 2.05) is 42.5 Å². The summed E-state index contributed by atoms with van der Waals surface area (Å²) >= 11 is 0. The van der Waals surface area contributed by atoms with Gasteiger partial charge in [-0.05, 0) is 36.4 Å². The van der Waals surface area contributed by atoms with Crippen molar-refractivity contribution in [1.82, 2.24) is 9.62 Å². The molecule has 3 aromatic carbocycles. The number of rotatable bonds is 7. The van der Waals surface area contributed by atoms with Gasteiger partial charge in [-0.25, -0.2) is 8.42 Å². The van der Waals surface area contributed by atoms with E-state index in [-0.39, 0.29) is 10.8 Å². The number of carbonyl (C=O) groups excluding carboxylic acids is 1. The average Bonchev–Trinajstić information content (AvgIpc) is 3.28. The van der Waals surface area contributed by atoms with Gasteiger partial charge in [0.05, 0.1) is 11.4 Å². The van der Waals surface area contributed by atoms with Crippen LogP contribution in [0.4, 0.5) is 0 Å². The summed E-state index contributed by atoms with van der Waals surface area (Å²) in [6.07, 6.45) is 1.18. The molecule has 1 atom stereocenters. The maximum absolute atomic E-state index is 12.9. The highest BCUT2D eigenvalue weighted by atomic mass is 32.2. The van der Waals surface area contributed by atoms with E-state index in [0.717, 1.165) is 16.5 Å². The highest BCUT2D eigenvalue weighted by Gasteiger charge is 2.39. The fourth-order valence-electron chi connectivity index (χ4n) is 3.79. The number of nitrogens with zero attached hydrogens (tertiary/aromatic N) is 1. The van der Waals surface area contributed by atoms with E-state index >= 15 is 0 Å². The Bertz CT molecular complexity index is 1130. The Hall–Kier alpha value is -2.90. The van der Waals surface area contributed by atoms with E-state index in [9.17, 15) is 13.2 Å². The van der Waals surface area contributed by atoms with Crippen molar-refractivity contribution in [1.29, 1.82) is 0 Å². The van der Waals surface area contributed by atoms with Crippen LogP contribution in [0.15, 0.2) is 77.7 Å². The molecule has 6 nitrogen and oxygen atoms in total. The average molecular weight is 425 g/mol. The Balaban J connectivity index is 1.36. The van der Waals surface area contributed by atoms with Gasteiger partial charge >= 0.3 is 0 Å². The summed E-state index contributed by atoms with van der Waals surface area (Å²) < 4.78 is 33.0. The van der Waals surface area contributed by atoms with Gasteiger partial charge in [0.15, 0.2) is 0 Å². The summed E-state index contributed by atoms with van der Waals surface area (Å²) in [6.45, 7) is 0.956. The quantitative estimate of drug-likeness (QED) is 0.591. The number of amides is 1. The Morgan fingerprint density at radius 2 is 1.73 bits per heavy atom. The molecule has 1 saturated heterocycles. The highest BCUT2D eigenvalue weighted by Crippen LogP contribution is 2.26. The lowest BCUT2D eigenvalue weighted by Gasteiger charge is -2.23. The first-order valence-corrected chi connectivity index (χ1v) is 11.5. The molecule has 0 aliphatic carbocycles. The molecule has 1 heterocycles. The number of fused-ring (bicyclic) bond motifs is 1. The minimum absolute atomic E-state index is 0.212. The molecule has 1 amide bonds. The molecule has 3 aromatic rings. The second kappa shape index (κ2) is 8.85. The Morgan fingerprint density at radius 3 is 2.57 bits per heavy atom. The SMILES string of the molecule is O=C(NCCOc1cccc2ccccc12)[C@@H]1CCCN1S(=O)(=O)c1ccccc1. The second-order valence-corrected chi connectivity index (χ2v) is 9.09. The Labute approximate surface area is 176 Å². The van der Waals surface area contributed by atoms with Crippen molar-refractivity contribution in [3.05, 3.63) is 72.8 Å². The van der Waals surface area contributed by atoms with E-state index in [0.29, 0.717) is 32.5 Å². The van der Waals surface area contributed by atoms with Crippen LogP contribution in [0.3, 0.4) is 0 Å². The van der Waals surface area contributed by atoms with Crippen molar-refractivity contribution in [2.24, 2.45) is 0 Å². The highest BCUT2D eigenvalue weighted by molar-refractivity contribution is 7.89. The standard InChI is InChI=1S/C23H24N2O4S/c26-23(21-13-7-16-25(21)30(27,28)19-10-2-1-3-11-19)24-15-17-29-22-14-6-9-18-8-4-5-12-20(18)22/h1-6,8-12,14,21H,7,13,15-17H2,(H,24,26)/t21-/m0/s1. The van der Waals surface area contributed by atoms with Gasteiger partial charge in [-0.2, -0.15) is 4.31 Å². The third-order valence-corrected chi connectivity index (χ3v) is 7.19. The maximum Gasteiger partial charge on any atom is 0.243 e. The van der Waals surface area contributed by atoms with Crippen LogP contribution in [-0.4, -0.2) is 44.4 Å². The summed E-state index contributed by atoms with van der Waals surface area (Å²) in [4.78, 5) is 12.9. The third kappa shape index (κ3) is 4.17. The van der Waals surface area contributed by atoms with E-state index in [1.165, 1.54) is 4.31 Å². The molecule has 4 rings (SSSR count). The zero-order chi connectivity index (χ0) is 21.0. The fraction of sp³-hybridized carbons (Fsp3) is 0.261. The molecule has 0 aromatic heterocycles. The van der Waals surface area contributed by atoms with Gasteiger partial charge in [0.25, 0.3) is 0 Å². The van der Waals surface area contributed by atoms with Gasteiger partial charge in [-0.15, -0.1) is 0 Å². The van der Waals surface area contributed by atoms with E-state index in [1.54, 1.807) is 30.3 Å². The molecule has 1 aliphatic rings. The molecule has 1 fully saturated rings. The summed E-state index contributed by atoms with van der Waals surface area (Å²) in [5.41, 5.74) is 0. The number of ether oxygens (including phenoxy) is 1. The number of hydrogen-bond acceptors (Lipinski definition) is 4. The minimum atomic E-state index is -3.69. The smallest absolute Gasteiger partial charge is 0.243 e. The van der Waals surface area contributed by atoms with Gasteiger partial charge < -0.3 is 10.1 Å². The lowest BCUT2D eigenvalue weighted by Crippen LogP contribution is -2.46. The number of carbonyl (C=O) groups is 1. The number of benzene rings is 3. The first kappa shape index (κ1) is 20.4. The molecule has 0 unspecified atom stereocenters. The second-order valence-electron chi connectivity index (χ2n) is 7.20. The molecule has 7 heteroatoms. The molecule has 1 N–H and O–H groups in total. The number of sulfonamides is 1. The molecule has 156 valence electrons. The van der Waals surface area contributed by atoms with Crippen LogP contribution >= 0.6 is 0 Å². The van der Waals surface area contributed by atoms with Crippen LogP contribution in [0.25, 0.3) is 10.8 Å². The van der Waals surface area contributed by atoms with Crippen molar-refractivity contribution in [3.8, 4) is 5.75 Å². The van der Waals surface area contributed by atoms with E-state index in [4.69, 9.17) is 4.74 Å². The maximum atomic E-state index is 12.9. The monoisotopic (exact) mass is 424 g/mol. The summed E-state index contributed by atoms with van der Waals surface area (Å²) in [7, 11) is -3.69. The summed E-state index contributed by atoms with van der Waals surface area (Å²) in [5, 5.41) is 4.93. The topological polar surface area (TPSA) is 75.7 Å². The van der Waals surface area contributed by atoms with Crippen LogP contribution in [0.5, 0.6) is 5.75 Å². The van der Waals surface area contributed by atoms with E-state index < -0.39 is 16.1 Å². The third-order valence-electron chi connectivity index (χ3n) is 5.26. The first-order valence-electron chi connectivity index (χ1n) is 10.0. The predicted octanol–water partition coefficient (Wildman–Crippen LogP) is 3.19. The van der Waals surface area contributed by atoms with Crippen molar-refractivity contribution >= 4 is 26.7 Å². The van der Waals surface area contributed by atoms with Gasteiger partial charge in [-0.1, -0.05) is 54.6 Å². The van der Waals surface area contributed by atoms with Gasteiger partial charge in [0.2, 0.25) is 15.9 Å². The molecule has 30 heavy (non-hydrogen) atoms. The van der Waals surface area contributed by atoms with Crippen molar-refractivity contribution in [2.75, 3.05) is 19.7 Å².